The fourth-order valence-electron chi connectivity index (χ4n) is 8.07. The van der Waals surface area contributed by atoms with Gasteiger partial charge in [0.05, 0.1) is 27.9 Å². The van der Waals surface area contributed by atoms with Crippen LogP contribution >= 0.6 is 0 Å². The Morgan fingerprint density at radius 3 is 1.77 bits per heavy atom. The molecule has 274 valence electrons. The van der Waals surface area contributed by atoms with Crippen molar-refractivity contribution >= 4 is 56.4 Å². The zero-order valence-electron chi connectivity index (χ0n) is 31.9. The first-order valence-electron chi connectivity index (χ1n) is 19.4. The van der Waals surface area contributed by atoms with Crippen molar-refractivity contribution in [3.63, 3.8) is 0 Å². The smallest absolute Gasteiger partial charge is 0.131 e. The minimum absolute atomic E-state index is 0.471. The summed E-state index contributed by atoms with van der Waals surface area (Å²) in [6.45, 7) is 6.31. The molecule has 2 N–H and O–H groups in total. The Balaban J connectivity index is 1.27. The fraction of sp³-hybridized carbons (Fsp3) is 0.0377. The molecule has 0 aliphatic heterocycles. The highest BCUT2D eigenvalue weighted by Gasteiger charge is 2.18. The van der Waals surface area contributed by atoms with Crippen LogP contribution < -0.4 is 5.73 Å². The predicted molar refractivity (Wildman–Crippen MR) is 243 cm³/mol. The van der Waals surface area contributed by atoms with Crippen LogP contribution in [0.3, 0.4) is 0 Å². The van der Waals surface area contributed by atoms with Gasteiger partial charge in [-0.1, -0.05) is 158 Å². The molecule has 0 bridgehead atoms. The van der Waals surface area contributed by atoms with Crippen molar-refractivity contribution < 1.29 is 0 Å². The van der Waals surface area contributed by atoms with E-state index in [0.717, 1.165) is 78.1 Å². The van der Waals surface area contributed by atoms with E-state index in [1.165, 1.54) is 10.8 Å². The number of hydrogen-bond acceptors (Lipinski definition) is 1. The summed E-state index contributed by atoms with van der Waals surface area (Å²) >= 11 is 0. The zero-order valence-corrected chi connectivity index (χ0v) is 31.9. The normalized spacial score (nSPS) is 12.3. The lowest BCUT2D eigenvalue weighted by Gasteiger charge is -2.16. The lowest BCUT2D eigenvalue weighted by molar-refractivity contribution is 1.07. The zero-order chi connectivity index (χ0) is 38.7. The molecule has 4 heteroatoms. The third-order valence-corrected chi connectivity index (χ3v) is 10.6. The molecule has 7 aromatic carbocycles. The maximum absolute atomic E-state index is 6.75. The van der Waals surface area contributed by atoms with E-state index in [-0.39, 0.29) is 0 Å². The number of fused-ring (bicyclic) bond motifs is 4. The molecule has 2 heterocycles. The number of aliphatic imine (C=N–C) groups is 1. The lowest BCUT2D eigenvalue weighted by atomic mass is 10.0. The summed E-state index contributed by atoms with van der Waals surface area (Å²) in [4.78, 5) is 5.12. The first kappa shape index (κ1) is 35.3. The summed E-state index contributed by atoms with van der Waals surface area (Å²) in [5, 5.41) is 3.61. The Morgan fingerprint density at radius 1 is 0.579 bits per heavy atom. The molecule has 0 radical (unpaired) electrons. The van der Waals surface area contributed by atoms with Crippen molar-refractivity contribution in [1.29, 1.82) is 0 Å². The molecule has 9 aromatic rings. The Hall–Kier alpha value is -7.43. The number of allylic oxidation sites excluding steroid dienone is 2. The average Bonchev–Trinajstić information content (AvgIpc) is 3.78. The summed E-state index contributed by atoms with van der Waals surface area (Å²) in [5.41, 5.74) is 20.6. The molecule has 0 fully saturated rings. The van der Waals surface area contributed by atoms with E-state index in [0.29, 0.717) is 12.3 Å². The van der Waals surface area contributed by atoms with Crippen molar-refractivity contribution in [2.24, 2.45) is 10.7 Å². The number of hydrogen-bond donors (Lipinski definition) is 1. The molecule has 9 rings (SSSR count). The topological polar surface area (TPSA) is 48.2 Å². The number of nitrogens with zero attached hydrogens (tertiary/aromatic N) is 3. The van der Waals surface area contributed by atoms with E-state index in [1.807, 2.05) is 42.5 Å². The van der Waals surface area contributed by atoms with Gasteiger partial charge in [-0.3, -0.25) is 0 Å². The average molecular weight is 735 g/mol. The van der Waals surface area contributed by atoms with Crippen LogP contribution in [0, 0.1) is 0 Å². The third-order valence-electron chi connectivity index (χ3n) is 10.6. The fourth-order valence-corrected chi connectivity index (χ4v) is 8.07. The molecule has 0 unspecified atom stereocenters. The standard InChI is InChI=1S/C53H42N4/c1-3-18-49-44(4-2)45-25-11-14-28-50(45)56(49)42-33-37(34-43(36-42)57-51-29-15-12-26-46(51)47-27-13-16-30-52(47)57)31-32-48(55-53(54)39-21-9-6-10-22-39)41-24-17-23-40(35-41)38-19-7-5-8-20-38/h3-30,32-36H,2,31H2,1H3,(H2,54,55)/b18-3-,48-32-. The van der Waals surface area contributed by atoms with Gasteiger partial charge in [0.15, 0.2) is 0 Å². The summed E-state index contributed by atoms with van der Waals surface area (Å²) in [5.74, 6) is 0.471. The van der Waals surface area contributed by atoms with Gasteiger partial charge in [-0.2, -0.15) is 0 Å². The maximum atomic E-state index is 6.75. The number of aromatic nitrogens is 2. The first-order valence-corrected chi connectivity index (χ1v) is 19.4. The van der Waals surface area contributed by atoms with E-state index in [1.54, 1.807) is 0 Å². The summed E-state index contributed by atoms with van der Waals surface area (Å²) in [6.07, 6.45) is 9.08. The van der Waals surface area contributed by atoms with Crippen molar-refractivity contribution in [2.45, 2.75) is 13.3 Å². The van der Waals surface area contributed by atoms with Crippen LogP contribution in [0.25, 0.3) is 73.1 Å². The highest BCUT2D eigenvalue weighted by Crippen LogP contribution is 2.36. The molecule has 0 saturated heterocycles. The minimum Gasteiger partial charge on any atom is -0.383 e. The van der Waals surface area contributed by atoms with Gasteiger partial charge in [0.1, 0.15) is 5.84 Å². The van der Waals surface area contributed by atoms with Crippen LogP contribution in [0.5, 0.6) is 0 Å². The molecule has 0 amide bonds. The molecule has 0 atom stereocenters. The number of rotatable bonds is 10. The van der Waals surface area contributed by atoms with Gasteiger partial charge in [0.25, 0.3) is 0 Å². The van der Waals surface area contributed by atoms with Crippen LogP contribution in [0.2, 0.25) is 0 Å². The second-order valence-electron chi connectivity index (χ2n) is 14.2. The van der Waals surface area contributed by atoms with Crippen LogP contribution in [0.15, 0.2) is 200 Å². The molecule has 0 aliphatic rings. The second kappa shape index (κ2) is 15.4. The predicted octanol–water partition coefficient (Wildman–Crippen LogP) is 13.1. The van der Waals surface area contributed by atoms with Crippen molar-refractivity contribution in [3.05, 3.63) is 223 Å². The van der Waals surface area contributed by atoms with E-state index >= 15 is 0 Å². The molecule has 0 spiro atoms. The van der Waals surface area contributed by atoms with Gasteiger partial charge in [0.2, 0.25) is 0 Å². The second-order valence-corrected chi connectivity index (χ2v) is 14.2. The maximum Gasteiger partial charge on any atom is 0.131 e. The van der Waals surface area contributed by atoms with E-state index < -0.39 is 0 Å². The molecule has 2 aromatic heterocycles. The molecular weight excluding hydrogens is 693 g/mol. The molecule has 57 heavy (non-hydrogen) atoms. The Labute approximate surface area is 333 Å². The minimum atomic E-state index is 0.471. The Kier molecular flexibility index (Phi) is 9.51. The van der Waals surface area contributed by atoms with Crippen molar-refractivity contribution in [1.82, 2.24) is 9.13 Å². The van der Waals surface area contributed by atoms with Crippen LogP contribution in [-0.2, 0) is 6.42 Å². The lowest BCUT2D eigenvalue weighted by Crippen LogP contribution is -2.13. The Bertz CT molecular complexity index is 2960. The van der Waals surface area contributed by atoms with Crippen LogP contribution in [0.1, 0.15) is 34.9 Å². The van der Waals surface area contributed by atoms with Gasteiger partial charge in [-0.25, -0.2) is 4.99 Å². The number of benzene rings is 7. The van der Waals surface area contributed by atoms with E-state index in [4.69, 9.17) is 10.7 Å². The van der Waals surface area contributed by atoms with Crippen molar-refractivity contribution in [2.75, 3.05) is 0 Å². The van der Waals surface area contributed by atoms with Crippen LogP contribution in [-0.4, -0.2) is 15.0 Å². The SMILES string of the molecule is C=Cc1c(/C=C\C)n(-c2cc(C/C=C(\N=C(N)c3ccccc3)c3cccc(-c4ccccc4)c3)cc(-n3c4ccccc4c4ccccc43)c2)c2ccccc12. The highest BCUT2D eigenvalue weighted by molar-refractivity contribution is 6.09. The number of amidine groups is 1. The summed E-state index contributed by atoms with van der Waals surface area (Å²) in [6, 6.07) is 61.8. The quantitative estimate of drug-likeness (QED) is 0.110. The van der Waals surface area contributed by atoms with Gasteiger partial charge in [-0.15, -0.1) is 0 Å². The molecular formula is C53H42N4. The Morgan fingerprint density at radius 2 is 1.12 bits per heavy atom. The van der Waals surface area contributed by atoms with Crippen molar-refractivity contribution in [3.8, 4) is 22.5 Å². The van der Waals surface area contributed by atoms with E-state index in [9.17, 15) is 0 Å². The monoisotopic (exact) mass is 734 g/mol. The number of para-hydroxylation sites is 3. The van der Waals surface area contributed by atoms with Gasteiger partial charge >= 0.3 is 0 Å². The summed E-state index contributed by atoms with van der Waals surface area (Å²) in [7, 11) is 0. The van der Waals surface area contributed by atoms with Gasteiger partial charge < -0.3 is 14.9 Å². The first-order chi connectivity index (χ1) is 28.1. The highest BCUT2D eigenvalue weighted by atomic mass is 15.0. The number of nitrogens with two attached hydrogens (primary N) is 1. The van der Waals surface area contributed by atoms with Gasteiger partial charge in [-0.05, 0) is 78.6 Å². The molecule has 4 nitrogen and oxygen atoms in total. The largest absolute Gasteiger partial charge is 0.383 e. The van der Waals surface area contributed by atoms with Gasteiger partial charge in [0, 0.05) is 44.2 Å². The molecule has 0 saturated carbocycles. The third kappa shape index (κ3) is 6.68. The van der Waals surface area contributed by atoms with E-state index in [2.05, 4.69) is 180 Å². The van der Waals surface area contributed by atoms with Crippen LogP contribution in [0.4, 0.5) is 0 Å². The summed E-state index contributed by atoms with van der Waals surface area (Å²) < 4.78 is 4.76. The molecule has 0 aliphatic carbocycles.